The standard InChI is InChI=1S/C20H21N3O3/c1-25-13-9-10-15(18(12-13)26-2)17-8-5-11-23(17)20(24)19-14-6-3-4-7-16(14)21-22-19/h3-4,6-7,9-10,12,17H,5,8,11H2,1-2H3,(H,21,22). The molecular weight excluding hydrogens is 330 g/mol. The number of aromatic nitrogens is 2. The Morgan fingerprint density at radius 3 is 2.85 bits per heavy atom. The van der Waals surface area contributed by atoms with Crippen LogP contribution in [0.3, 0.4) is 0 Å². The van der Waals surface area contributed by atoms with E-state index in [1.54, 1.807) is 14.2 Å². The zero-order valence-electron chi connectivity index (χ0n) is 14.9. The van der Waals surface area contributed by atoms with Crippen molar-refractivity contribution in [2.75, 3.05) is 20.8 Å². The van der Waals surface area contributed by atoms with Gasteiger partial charge in [-0.2, -0.15) is 5.10 Å². The first-order chi connectivity index (χ1) is 12.7. The molecule has 1 N–H and O–H groups in total. The molecule has 1 aromatic heterocycles. The molecule has 0 aliphatic carbocycles. The lowest BCUT2D eigenvalue weighted by molar-refractivity contribution is 0.0730. The first-order valence-corrected chi connectivity index (χ1v) is 8.69. The number of benzene rings is 2. The summed E-state index contributed by atoms with van der Waals surface area (Å²) < 4.78 is 10.8. The van der Waals surface area contributed by atoms with Crippen LogP contribution < -0.4 is 9.47 Å². The van der Waals surface area contributed by atoms with Crippen LogP contribution in [0.2, 0.25) is 0 Å². The first kappa shape index (κ1) is 16.4. The Bertz CT molecular complexity index is 950. The zero-order chi connectivity index (χ0) is 18.1. The number of ether oxygens (including phenoxy) is 2. The van der Waals surface area contributed by atoms with Gasteiger partial charge in [-0.25, -0.2) is 0 Å². The number of H-pyrrole nitrogens is 1. The molecular formula is C20H21N3O3. The molecule has 2 aromatic carbocycles. The van der Waals surface area contributed by atoms with Crippen molar-refractivity contribution in [2.45, 2.75) is 18.9 Å². The van der Waals surface area contributed by atoms with Gasteiger partial charge in [0.25, 0.3) is 5.91 Å². The average Bonchev–Trinajstić information content (AvgIpc) is 3.34. The second kappa shape index (κ2) is 6.71. The quantitative estimate of drug-likeness (QED) is 0.780. The monoisotopic (exact) mass is 351 g/mol. The number of rotatable bonds is 4. The molecule has 0 saturated carbocycles. The lowest BCUT2D eigenvalue weighted by atomic mass is 10.0. The molecule has 2 heterocycles. The lowest BCUT2D eigenvalue weighted by Gasteiger charge is -2.26. The fourth-order valence-corrected chi connectivity index (χ4v) is 3.69. The van der Waals surface area contributed by atoms with Crippen LogP contribution in [-0.4, -0.2) is 41.8 Å². The topological polar surface area (TPSA) is 67.5 Å². The minimum atomic E-state index is -0.0529. The van der Waals surface area contributed by atoms with Crippen LogP contribution in [0.5, 0.6) is 11.5 Å². The van der Waals surface area contributed by atoms with Crippen molar-refractivity contribution in [2.24, 2.45) is 0 Å². The molecule has 1 fully saturated rings. The molecule has 3 aromatic rings. The number of methoxy groups -OCH3 is 2. The molecule has 1 atom stereocenters. The molecule has 6 heteroatoms. The average molecular weight is 351 g/mol. The summed E-state index contributed by atoms with van der Waals surface area (Å²) in [5.74, 6) is 1.42. The van der Waals surface area contributed by atoms with Crippen LogP contribution in [0.25, 0.3) is 10.9 Å². The second-order valence-electron chi connectivity index (χ2n) is 6.38. The lowest BCUT2D eigenvalue weighted by Crippen LogP contribution is -2.31. The SMILES string of the molecule is COc1ccc(C2CCCN2C(=O)c2n[nH]c3ccccc23)c(OC)c1. The Hall–Kier alpha value is -3.02. The maximum atomic E-state index is 13.2. The van der Waals surface area contributed by atoms with E-state index in [0.29, 0.717) is 12.2 Å². The summed E-state index contributed by atoms with van der Waals surface area (Å²) in [5.41, 5.74) is 2.34. The van der Waals surface area contributed by atoms with Crippen molar-refractivity contribution in [3.05, 3.63) is 53.7 Å². The number of carbonyl (C=O) groups excluding carboxylic acids is 1. The van der Waals surface area contributed by atoms with Gasteiger partial charge in [0.05, 0.1) is 25.8 Å². The van der Waals surface area contributed by atoms with E-state index in [2.05, 4.69) is 10.2 Å². The smallest absolute Gasteiger partial charge is 0.275 e. The van der Waals surface area contributed by atoms with Crippen molar-refractivity contribution in [1.82, 2.24) is 15.1 Å². The summed E-state index contributed by atoms with van der Waals surface area (Å²) in [6.45, 7) is 0.708. The van der Waals surface area contributed by atoms with Gasteiger partial charge in [-0.1, -0.05) is 18.2 Å². The van der Waals surface area contributed by atoms with E-state index in [-0.39, 0.29) is 11.9 Å². The number of fused-ring (bicyclic) bond motifs is 1. The Balaban J connectivity index is 1.70. The van der Waals surface area contributed by atoms with Crippen molar-refractivity contribution < 1.29 is 14.3 Å². The van der Waals surface area contributed by atoms with Crippen LogP contribution in [0.4, 0.5) is 0 Å². The Morgan fingerprint density at radius 1 is 1.19 bits per heavy atom. The van der Waals surface area contributed by atoms with Gasteiger partial charge >= 0.3 is 0 Å². The molecule has 26 heavy (non-hydrogen) atoms. The van der Waals surface area contributed by atoms with Gasteiger partial charge in [0, 0.05) is 23.6 Å². The Labute approximate surface area is 151 Å². The number of hydrogen-bond acceptors (Lipinski definition) is 4. The van der Waals surface area contributed by atoms with Gasteiger partial charge in [-0.05, 0) is 31.0 Å². The highest BCUT2D eigenvalue weighted by Crippen LogP contribution is 2.39. The van der Waals surface area contributed by atoms with E-state index in [1.807, 2.05) is 47.4 Å². The fourth-order valence-electron chi connectivity index (χ4n) is 3.69. The molecule has 1 unspecified atom stereocenters. The maximum Gasteiger partial charge on any atom is 0.275 e. The number of likely N-dealkylation sites (tertiary alicyclic amines) is 1. The van der Waals surface area contributed by atoms with E-state index in [4.69, 9.17) is 9.47 Å². The number of para-hydroxylation sites is 1. The fraction of sp³-hybridized carbons (Fsp3) is 0.300. The van der Waals surface area contributed by atoms with Crippen molar-refractivity contribution >= 4 is 16.8 Å². The summed E-state index contributed by atoms with van der Waals surface area (Å²) in [6, 6.07) is 13.4. The first-order valence-electron chi connectivity index (χ1n) is 8.69. The highest BCUT2D eigenvalue weighted by atomic mass is 16.5. The summed E-state index contributed by atoms with van der Waals surface area (Å²) in [5, 5.41) is 8.07. The molecule has 1 aliphatic heterocycles. The van der Waals surface area contributed by atoms with Gasteiger partial charge in [0.2, 0.25) is 0 Å². The minimum absolute atomic E-state index is 0.0289. The van der Waals surface area contributed by atoms with Gasteiger partial charge < -0.3 is 14.4 Å². The van der Waals surface area contributed by atoms with Crippen LogP contribution in [0, 0.1) is 0 Å². The molecule has 1 aliphatic rings. The third-order valence-electron chi connectivity index (χ3n) is 4.99. The summed E-state index contributed by atoms with van der Waals surface area (Å²) >= 11 is 0. The molecule has 134 valence electrons. The van der Waals surface area contributed by atoms with E-state index in [9.17, 15) is 4.79 Å². The minimum Gasteiger partial charge on any atom is -0.497 e. The van der Waals surface area contributed by atoms with Crippen molar-refractivity contribution in [3.8, 4) is 11.5 Å². The van der Waals surface area contributed by atoms with Crippen LogP contribution in [-0.2, 0) is 0 Å². The largest absolute Gasteiger partial charge is 0.497 e. The number of nitrogens with one attached hydrogen (secondary N) is 1. The highest BCUT2D eigenvalue weighted by Gasteiger charge is 2.34. The third kappa shape index (κ3) is 2.67. The maximum absolute atomic E-state index is 13.2. The summed E-state index contributed by atoms with van der Waals surface area (Å²) in [4.78, 5) is 15.1. The number of amides is 1. The normalized spacial score (nSPS) is 16.8. The Morgan fingerprint density at radius 2 is 2.04 bits per heavy atom. The van der Waals surface area contributed by atoms with Crippen LogP contribution in [0.1, 0.15) is 34.9 Å². The molecule has 0 bridgehead atoms. The molecule has 4 rings (SSSR count). The van der Waals surface area contributed by atoms with Crippen LogP contribution >= 0.6 is 0 Å². The zero-order valence-corrected chi connectivity index (χ0v) is 14.9. The number of nitrogens with zero attached hydrogens (tertiary/aromatic N) is 2. The number of aromatic amines is 1. The summed E-state index contributed by atoms with van der Waals surface area (Å²) in [7, 11) is 3.27. The molecule has 1 saturated heterocycles. The highest BCUT2D eigenvalue weighted by molar-refractivity contribution is 6.04. The number of hydrogen-bond donors (Lipinski definition) is 1. The van der Waals surface area contributed by atoms with E-state index in [1.165, 1.54) is 0 Å². The predicted molar refractivity (Wildman–Crippen MR) is 98.7 cm³/mol. The molecule has 1 amide bonds. The Kier molecular flexibility index (Phi) is 4.24. The number of carbonyl (C=O) groups is 1. The van der Waals surface area contributed by atoms with Gasteiger partial charge in [0.1, 0.15) is 11.5 Å². The van der Waals surface area contributed by atoms with Crippen LogP contribution in [0.15, 0.2) is 42.5 Å². The van der Waals surface area contributed by atoms with Gasteiger partial charge in [0.15, 0.2) is 5.69 Å². The van der Waals surface area contributed by atoms with Crippen molar-refractivity contribution in [3.63, 3.8) is 0 Å². The molecule has 6 nitrogen and oxygen atoms in total. The summed E-state index contributed by atoms with van der Waals surface area (Å²) in [6.07, 6.45) is 1.85. The van der Waals surface area contributed by atoms with Gasteiger partial charge in [-0.3, -0.25) is 9.89 Å². The molecule has 0 radical (unpaired) electrons. The van der Waals surface area contributed by atoms with Crippen molar-refractivity contribution in [1.29, 1.82) is 0 Å². The predicted octanol–water partition coefficient (Wildman–Crippen LogP) is 3.56. The van der Waals surface area contributed by atoms with Gasteiger partial charge in [-0.15, -0.1) is 0 Å². The van der Waals surface area contributed by atoms with E-state index in [0.717, 1.165) is 40.8 Å². The second-order valence-corrected chi connectivity index (χ2v) is 6.38. The molecule has 0 spiro atoms. The van der Waals surface area contributed by atoms with E-state index < -0.39 is 0 Å². The third-order valence-corrected chi connectivity index (χ3v) is 4.99. The van der Waals surface area contributed by atoms with E-state index >= 15 is 0 Å².